The van der Waals surface area contributed by atoms with Crippen molar-refractivity contribution in [1.29, 1.82) is 0 Å². The molecular weight excluding hydrogens is 292 g/mol. The lowest BCUT2D eigenvalue weighted by molar-refractivity contribution is -0.139. The van der Waals surface area contributed by atoms with E-state index in [0.29, 0.717) is 10.6 Å². The van der Waals surface area contributed by atoms with Crippen LogP contribution >= 0.6 is 11.3 Å². The van der Waals surface area contributed by atoms with Crippen LogP contribution in [0.15, 0.2) is 0 Å². The van der Waals surface area contributed by atoms with Gasteiger partial charge in [0.1, 0.15) is 4.88 Å². The summed E-state index contributed by atoms with van der Waals surface area (Å²) in [6.45, 7) is 5.63. The van der Waals surface area contributed by atoms with E-state index in [1.54, 1.807) is 13.8 Å². The molecule has 1 aromatic rings. The second-order valence-electron chi connectivity index (χ2n) is 5.29. The number of nitrogens with one attached hydrogen (secondary N) is 1. The maximum Gasteiger partial charge on any atom is 0.305 e. The highest BCUT2D eigenvalue weighted by molar-refractivity contribution is 7.13. The molecule has 21 heavy (non-hydrogen) atoms. The molecule has 0 radical (unpaired) electrons. The van der Waals surface area contributed by atoms with Crippen LogP contribution in [0.3, 0.4) is 0 Å². The quantitative estimate of drug-likeness (QED) is 0.766. The zero-order valence-electron chi connectivity index (χ0n) is 12.9. The summed E-state index contributed by atoms with van der Waals surface area (Å²) in [5.41, 5.74) is -0.269. The van der Waals surface area contributed by atoms with Crippen LogP contribution in [-0.4, -0.2) is 41.2 Å². The fraction of sp³-hybridized carbons (Fsp3) is 0.643. The van der Waals surface area contributed by atoms with Crippen molar-refractivity contribution in [3.8, 4) is 0 Å². The number of aryl methyl sites for hydroxylation is 2. The van der Waals surface area contributed by atoms with Gasteiger partial charge in [0.05, 0.1) is 29.3 Å². The number of carboxylic acid groups (broad SMARTS) is 1. The molecule has 6 nitrogen and oxygen atoms in total. The summed E-state index contributed by atoms with van der Waals surface area (Å²) in [6, 6.07) is 0. The summed E-state index contributed by atoms with van der Waals surface area (Å²) in [5.74, 6) is -1.28. The van der Waals surface area contributed by atoms with Gasteiger partial charge in [-0.15, -0.1) is 11.3 Å². The molecule has 0 aliphatic heterocycles. The van der Waals surface area contributed by atoms with Gasteiger partial charge in [0.25, 0.3) is 5.91 Å². The number of carboxylic acids is 1. The predicted molar refractivity (Wildman–Crippen MR) is 80.8 cm³/mol. The number of amides is 1. The van der Waals surface area contributed by atoms with E-state index in [4.69, 9.17) is 9.84 Å². The van der Waals surface area contributed by atoms with Crippen LogP contribution in [-0.2, 0) is 16.0 Å². The lowest BCUT2D eigenvalue weighted by Crippen LogP contribution is -2.50. The van der Waals surface area contributed by atoms with Gasteiger partial charge in [0.2, 0.25) is 0 Å². The first-order valence-corrected chi connectivity index (χ1v) is 7.62. The third-order valence-corrected chi connectivity index (χ3v) is 4.15. The molecule has 1 atom stereocenters. The molecule has 1 rings (SSSR count). The molecule has 1 heterocycles. The second kappa shape index (κ2) is 7.51. The molecule has 0 saturated heterocycles. The average Bonchev–Trinajstić information content (AvgIpc) is 2.69. The van der Waals surface area contributed by atoms with Crippen molar-refractivity contribution in [3.05, 3.63) is 15.6 Å². The van der Waals surface area contributed by atoms with Crippen LogP contribution in [0, 0.1) is 6.92 Å². The molecule has 0 aliphatic carbocycles. The molecule has 2 N–H and O–H groups in total. The van der Waals surface area contributed by atoms with Gasteiger partial charge in [0.15, 0.2) is 0 Å². The van der Waals surface area contributed by atoms with Gasteiger partial charge in [-0.05, 0) is 26.7 Å². The van der Waals surface area contributed by atoms with Crippen molar-refractivity contribution in [2.45, 2.75) is 45.6 Å². The van der Waals surface area contributed by atoms with Crippen molar-refractivity contribution in [2.24, 2.45) is 0 Å². The summed E-state index contributed by atoms with van der Waals surface area (Å²) in [6.07, 6.45) is 1.60. The number of methoxy groups -OCH3 is 1. The lowest BCUT2D eigenvalue weighted by atomic mass is 9.99. The molecule has 0 aliphatic rings. The number of nitrogens with zero attached hydrogens (tertiary/aromatic N) is 1. The van der Waals surface area contributed by atoms with Gasteiger partial charge in [-0.1, -0.05) is 6.92 Å². The molecule has 0 aromatic carbocycles. The number of carbonyl (C=O) groups is 2. The summed E-state index contributed by atoms with van der Waals surface area (Å²) in [7, 11) is 1.48. The Kier molecular flexibility index (Phi) is 6.29. The van der Waals surface area contributed by atoms with Crippen LogP contribution in [0.4, 0.5) is 0 Å². The van der Waals surface area contributed by atoms with Gasteiger partial charge < -0.3 is 15.2 Å². The Morgan fingerprint density at radius 2 is 2.14 bits per heavy atom. The molecule has 118 valence electrons. The number of carbonyl (C=O) groups excluding carboxylic acids is 1. The van der Waals surface area contributed by atoms with Crippen LogP contribution in [0.2, 0.25) is 0 Å². The van der Waals surface area contributed by atoms with E-state index >= 15 is 0 Å². The zero-order chi connectivity index (χ0) is 16.0. The third-order valence-electron chi connectivity index (χ3n) is 2.93. The molecular formula is C14H22N2O4S. The molecule has 0 spiro atoms. The van der Waals surface area contributed by atoms with E-state index in [2.05, 4.69) is 17.2 Å². The first-order valence-electron chi connectivity index (χ1n) is 6.81. The van der Waals surface area contributed by atoms with E-state index in [1.165, 1.54) is 18.4 Å². The zero-order valence-corrected chi connectivity index (χ0v) is 13.7. The SMILES string of the molecule is CCCc1nc(C)c(C(=O)NC(C)(COC)CC(=O)O)s1. The van der Waals surface area contributed by atoms with Gasteiger partial charge in [0, 0.05) is 7.11 Å². The Balaban J connectivity index is 2.88. The third kappa shape index (κ3) is 5.09. The maximum absolute atomic E-state index is 12.4. The van der Waals surface area contributed by atoms with Crippen LogP contribution < -0.4 is 5.32 Å². The molecule has 0 fully saturated rings. The van der Waals surface area contributed by atoms with Crippen molar-refractivity contribution in [1.82, 2.24) is 10.3 Å². The maximum atomic E-state index is 12.4. The molecule has 0 bridgehead atoms. The van der Waals surface area contributed by atoms with Crippen molar-refractivity contribution in [3.63, 3.8) is 0 Å². The highest BCUT2D eigenvalue weighted by Crippen LogP contribution is 2.21. The molecule has 1 amide bonds. The number of ether oxygens (including phenoxy) is 1. The smallest absolute Gasteiger partial charge is 0.305 e. The first kappa shape index (κ1) is 17.6. The van der Waals surface area contributed by atoms with Crippen LogP contribution in [0.25, 0.3) is 0 Å². The summed E-state index contributed by atoms with van der Waals surface area (Å²) < 4.78 is 5.03. The normalized spacial score (nSPS) is 13.7. The average molecular weight is 314 g/mol. The standard InChI is InChI=1S/C14H22N2O4S/c1-5-6-10-15-9(2)12(21-10)13(19)16-14(3,8-20-4)7-11(17)18/h5-8H2,1-4H3,(H,16,19)(H,17,18). The van der Waals surface area contributed by atoms with E-state index in [1.807, 2.05) is 0 Å². The van der Waals surface area contributed by atoms with E-state index in [9.17, 15) is 9.59 Å². The van der Waals surface area contributed by atoms with Gasteiger partial charge in [-0.25, -0.2) is 4.98 Å². The summed E-state index contributed by atoms with van der Waals surface area (Å²) in [5, 5.41) is 12.7. The molecule has 0 saturated carbocycles. The number of thiazole rings is 1. The van der Waals surface area contributed by atoms with E-state index < -0.39 is 11.5 Å². The summed E-state index contributed by atoms with van der Waals surface area (Å²) >= 11 is 1.36. The Bertz CT molecular complexity index is 515. The van der Waals surface area contributed by atoms with Crippen molar-refractivity contribution in [2.75, 3.05) is 13.7 Å². The van der Waals surface area contributed by atoms with Crippen molar-refractivity contribution >= 4 is 23.2 Å². The number of rotatable bonds is 8. The molecule has 1 aromatic heterocycles. The minimum atomic E-state index is -0.984. The number of aromatic nitrogens is 1. The fourth-order valence-electron chi connectivity index (χ4n) is 2.10. The Hall–Kier alpha value is -1.47. The number of aliphatic carboxylic acids is 1. The molecule has 1 unspecified atom stereocenters. The van der Waals surface area contributed by atoms with Crippen molar-refractivity contribution < 1.29 is 19.4 Å². The van der Waals surface area contributed by atoms with Gasteiger partial charge >= 0.3 is 5.97 Å². The Morgan fingerprint density at radius 3 is 2.67 bits per heavy atom. The Morgan fingerprint density at radius 1 is 1.48 bits per heavy atom. The Labute approximate surface area is 128 Å². The van der Waals surface area contributed by atoms with Crippen LogP contribution in [0.1, 0.15) is 47.1 Å². The van der Waals surface area contributed by atoms with E-state index in [-0.39, 0.29) is 18.9 Å². The van der Waals surface area contributed by atoms with E-state index in [0.717, 1.165) is 17.8 Å². The second-order valence-corrected chi connectivity index (χ2v) is 6.37. The predicted octanol–water partition coefficient (Wildman–Crippen LogP) is 2.01. The highest BCUT2D eigenvalue weighted by Gasteiger charge is 2.31. The minimum Gasteiger partial charge on any atom is -0.481 e. The van der Waals surface area contributed by atoms with Gasteiger partial charge in [-0.3, -0.25) is 9.59 Å². The molecule has 7 heteroatoms. The fourth-order valence-corrected chi connectivity index (χ4v) is 3.16. The number of hydrogen-bond acceptors (Lipinski definition) is 5. The monoisotopic (exact) mass is 314 g/mol. The largest absolute Gasteiger partial charge is 0.481 e. The topological polar surface area (TPSA) is 88.5 Å². The highest BCUT2D eigenvalue weighted by atomic mass is 32.1. The van der Waals surface area contributed by atoms with Gasteiger partial charge in [-0.2, -0.15) is 0 Å². The first-order chi connectivity index (χ1) is 9.81. The minimum absolute atomic E-state index is 0.130. The van der Waals surface area contributed by atoms with Crippen LogP contribution in [0.5, 0.6) is 0 Å². The lowest BCUT2D eigenvalue weighted by Gasteiger charge is -2.28. The summed E-state index contributed by atoms with van der Waals surface area (Å²) in [4.78, 5) is 28.2. The number of hydrogen-bond donors (Lipinski definition) is 2.